The van der Waals surface area contributed by atoms with Crippen LogP contribution in [-0.4, -0.2) is 52.8 Å². The maximum atomic E-state index is 12.8. The van der Waals surface area contributed by atoms with E-state index >= 15 is 0 Å². The largest absolute Gasteiger partial charge is 0.443 e. The molecule has 0 spiro atoms. The van der Waals surface area contributed by atoms with Crippen LogP contribution in [0.25, 0.3) is 11.1 Å². The number of hydrogen-bond donors (Lipinski definition) is 0. The Kier molecular flexibility index (Phi) is 4.86. The Morgan fingerprint density at radius 3 is 2.00 bits per heavy atom. The molecule has 1 saturated heterocycles. The van der Waals surface area contributed by atoms with Gasteiger partial charge in [0.1, 0.15) is 5.52 Å². The van der Waals surface area contributed by atoms with Crippen LogP contribution in [0.1, 0.15) is 47.1 Å². The number of carbonyl (C=O) groups excluding carboxylic acids is 2. The molecule has 1 aromatic heterocycles. The molecule has 0 unspecified atom stereocenters. The van der Waals surface area contributed by atoms with Crippen molar-refractivity contribution >= 4 is 22.9 Å². The molecule has 0 bridgehead atoms. The summed E-state index contributed by atoms with van der Waals surface area (Å²) in [6.07, 6.45) is 1.37. The summed E-state index contributed by atoms with van der Waals surface area (Å²) in [5.74, 6) is -0.0295. The number of aromatic nitrogens is 1. The maximum absolute atomic E-state index is 12.8. The Balaban J connectivity index is 1.39. The summed E-state index contributed by atoms with van der Waals surface area (Å²) in [7, 11) is 0. The molecule has 0 aliphatic carbocycles. The number of amides is 2. The molecule has 2 heterocycles. The van der Waals surface area contributed by atoms with Gasteiger partial charge in [-0.05, 0) is 41.3 Å². The Hall–Kier alpha value is -3.15. The first-order chi connectivity index (χ1) is 13.8. The summed E-state index contributed by atoms with van der Waals surface area (Å²) in [6, 6.07) is 13.1. The monoisotopic (exact) mass is 391 g/mol. The molecular formula is C23H25N3O3. The van der Waals surface area contributed by atoms with Gasteiger partial charge in [0.25, 0.3) is 11.8 Å². The summed E-state index contributed by atoms with van der Waals surface area (Å²) >= 11 is 0. The van der Waals surface area contributed by atoms with Crippen LogP contribution in [0.15, 0.2) is 53.3 Å². The van der Waals surface area contributed by atoms with Crippen LogP contribution in [0.5, 0.6) is 0 Å². The van der Waals surface area contributed by atoms with Gasteiger partial charge in [-0.15, -0.1) is 0 Å². The predicted molar refractivity (Wildman–Crippen MR) is 111 cm³/mol. The topological polar surface area (TPSA) is 66.7 Å². The molecule has 4 rings (SSSR count). The van der Waals surface area contributed by atoms with Gasteiger partial charge in [0, 0.05) is 37.3 Å². The second-order valence-corrected chi connectivity index (χ2v) is 8.45. The van der Waals surface area contributed by atoms with Gasteiger partial charge in [0.15, 0.2) is 12.0 Å². The number of piperazine rings is 1. The van der Waals surface area contributed by atoms with Crippen molar-refractivity contribution in [2.45, 2.75) is 26.2 Å². The van der Waals surface area contributed by atoms with Crippen molar-refractivity contribution in [2.24, 2.45) is 0 Å². The van der Waals surface area contributed by atoms with E-state index in [1.165, 1.54) is 12.0 Å². The first-order valence-electron chi connectivity index (χ1n) is 9.85. The second kappa shape index (κ2) is 7.35. The van der Waals surface area contributed by atoms with Crippen LogP contribution in [0.4, 0.5) is 0 Å². The third-order valence-corrected chi connectivity index (χ3v) is 5.43. The van der Waals surface area contributed by atoms with Crippen molar-refractivity contribution in [3.05, 3.63) is 65.5 Å². The molecule has 0 radical (unpaired) electrons. The molecule has 3 aromatic rings. The van der Waals surface area contributed by atoms with Crippen molar-refractivity contribution in [1.82, 2.24) is 14.8 Å². The lowest BCUT2D eigenvalue weighted by Crippen LogP contribution is -2.50. The fourth-order valence-electron chi connectivity index (χ4n) is 3.58. The average Bonchev–Trinajstić information content (AvgIpc) is 3.20. The van der Waals surface area contributed by atoms with Crippen LogP contribution in [0.3, 0.4) is 0 Å². The highest BCUT2D eigenvalue weighted by Gasteiger charge is 2.26. The third-order valence-electron chi connectivity index (χ3n) is 5.43. The van der Waals surface area contributed by atoms with E-state index in [4.69, 9.17) is 4.42 Å². The fraction of sp³-hybridized carbons (Fsp3) is 0.348. The molecule has 2 amide bonds. The minimum atomic E-state index is -0.0449. The van der Waals surface area contributed by atoms with E-state index in [9.17, 15) is 9.59 Å². The van der Waals surface area contributed by atoms with Crippen molar-refractivity contribution in [3.63, 3.8) is 0 Å². The van der Waals surface area contributed by atoms with Crippen molar-refractivity contribution in [1.29, 1.82) is 0 Å². The number of rotatable bonds is 2. The van der Waals surface area contributed by atoms with Gasteiger partial charge in [-0.2, -0.15) is 0 Å². The highest BCUT2D eigenvalue weighted by Crippen LogP contribution is 2.23. The second-order valence-electron chi connectivity index (χ2n) is 8.45. The summed E-state index contributed by atoms with van der Waals surface area (Å²) < 4.78 is 5.23. The summed E-state index contributed by atoms with van der Waals surface area (Å²) in [5.41, 5.74) is 3.87. The van der Waals surface area contributed by atoms with E-state index in [1.54, 1.807) is 23.1 Å². The van der Waals surface area contributed by atoms with Crippen LogP contribution in [0.2, 0.25) is 0 Å². The highest BCUT2D eigenvalue weighted by molar-refractivity contribution is 5.97. The molecule has 6 nitrogen and oxygen atoms in total. The number of carbonyl (C=O) groups is 2. The zero-order valence-electron chi connectivity index (χ0n) is 17.0. The van der Waals surface area contributed by atoms with Gasteiger partial charge in [-0.25, -0.2) is 4.98 Å². The molecule has 2 aromatic carbocycles. The zero-order valence-corrected chi connectivity index (χ0v) is 17.0. The average molecular weight is 391 g/mol. The van der Waals surface area contributed by atoms with E-state index in [0.717, 1.165) is 0 Å². The van der Waals surface area contributed by atoms with Gasteiger partial charge >= 0.3 is 0 Å². The van der Waals surface area contributed by atoms with Gasteiger partial charge in [-0.1, -0.05) is 32.9 Å². The number of benzene rings is 2. The molecule has 1 aliphatic heterocycles. The SMILES string of the molecule is CC(C)(C)c1ccc(C(=O)N2CCN(C(=O)c3ccc4ocnc4c3)CC2)cc1. The van der Waals surface area contributed by atoms with Crippen LogP contribution in [-0.2, 0) is 5.41 Å². The van der Waals surface area contributed by atoms with Gasteiger partial charge in [0.2, 0.25) is 0 Å². The van der Waals surface area contributed by atoms with E-state index in [1.807, 2.05) is 29.2 Å². The number of fused-ring (bicyclic) bond motifs is 1. The van der Waals surface area contributed by atoms with Crippen molar-refractivity contribution in [3.8, 4) is 0 Å². The standard InChI is InChI=1S/C23H25N3O3/c1-23(2,3)18-7-4-16(5-8-18)21(27)25-10-12-26(13-11-25)22(28)17-6-9-20-19(14-17)24-15-29-20/h4-9,14-15H,10-13H2,1-3H3. The number of oxazole rings is 1. The molecule has 1 aliphatic rings. The van der Waals surface area contributed by atoms with Crippen molar-refractivity contribution < 1.29 is 14.0 Å². The van der Waals surface area contributed by atoms with Gasteiger partial charge < -0.3 is 14.2 Å². The lowest BCUT2D eigenvalue weighted by atomic mass is 9.86. The molecule has 150 valence electrons. The first kappa shape index (κ1) is 19.2. The summed E-state index contributed by atoms with van der Waals surface area (Å²) in [5, 5.41) is 0. The van der Waals surface area contributed by atoms with E-state index < -0.39 is 0 Å². The molecule has 0 saturated carbocycles. The number of nitrogens with zero attached hydrogens (tertiary/aromatic N) is 3. The molecule has 6 heteroatoms. The van der Waals surface area contributed by atoms with Crippen molar-refractivity contribution in [2.75, 3.05) is 26.2 Å². The fourth-order valence-corrected chi connectivity index (χ4v) is 3.58. The Morgan fingerprint density at radius 2 is 1.41 bits per heavy atom. The van der Waals surface area contributed by atoms with Crippen LogP contribution < -0.4 is 0 Å². The Bertz CT molecular complexity index is 1040. The molecule has 1 fully saturated rings. The van der Waals surface area contributed by atoms with Gasteiger partial charge in [0.05, 0.1) is 0 Å². The number of hydrogen-bond acceptors (Lipinski definition) is 4. The quantitative estimate of drug-likeness (QED) is 0.668. The molecule has 29 heavy (non-hydrogen) atoms. The molecule has 0 atom stereocenters. The lowest BCUT2D eigenvalue weighted by molar-refractivity contribution is 0.0535. The van der Waals surface area contributed by atoms with E-state index in [2.05, 4.69) is 25.8 Å². The lowest BCUT2D eigenvalue weighted by Gasteiger charge is -2.35. The van der Waals surface area contributed by atoms with Gasteiger partial charge in [-0.3, -0.25) is 9.59 Å². The predicted octanol–water partition coefficient (Wildman–Crippen LogP) is 3.72. The van der Waals surface area contributed by atoms with Crippen LogP contribution in [0, 0.1) is 0 Å². The van der Waals surface area contributed by atoms with E-state index in [0.29, 0.717) is 48.4 Å². The maximum Gasteiger partial charge on any atom is 0.254 e. The highest BCUT2D eigenvalue weighted by atomic mass is 16.3. The first-order valence-corrected chi connectivity index (χ1v) is 9.85. The third kappa shape index (κ3) is 3.88. The molecule has 0 N–H and O–H groups in total. The Labute approximate surface area is 170 Å². The minimum absolute atomic E-state index is 0.0153. The zero-order chi connectivity index (χ0) is 20.6. The van der Waals surface area contributed by atoms with E-state index in [-0.39, 0.29) is 17.2 Å². The summed E-state index contributed by atoms with van der Waals surface area (Å²) in [6.45, 7) is 8.54. The minimum Gasteiger partial charge on any atom is -0.443 e. The van der Waals surface area contributed by atoms with Crippen LogP contribution >= 0.6 is 0 Å². The normalized spacial score (nSPS) is 15.0. The smallest absolute Gasteiger partial charge is 0.254 e. The Morgan fingerprint density at radius 1 is 0.862 bits per heavy atom. The summed E-state index contributed by atoms with van der Waals surface area (Å²) in [4.78, 5) is 33.3. The molecular weight excluding hydrogens is 366 g/mol.